The van der Waals surface area contributed by atoms with Crippen LogP contribution in [0.15, 0.2) is 18.2 Å². The SMILES string of the molecule is Cc1nn(CC(=O)c2ccc(F)cc2F)c(C)c1C. The molecule has 0 radical (unpaired) electrons. The lowest BCUT2D eigenvalue weighted by Crippen LogP contribution is -2.14. The molecule has 0 aliphatic carbocycles. The van der Waals surface area contributed by atoms with Gasteiger partial charge in [0.25, 0.3) is 0 Å². The van der Waals surface area contributed by atoms with Crippen LogP contribution in [0.25, 0.3) is 0 Å². The quantitative estimate of drug-likeness (QED) is 0.799. The van der Waals surface area contributed by atoms with E-state index in [1.165, 1.54) is 4.68 Å². The van der Waals surface area contributed by atoms with E-state index < -0.39 is 17.4 Å². The molecule has 0 aliphatic heterocycles. The van der Waals surface area contributed by atoms with E-state index in [4.69, 9.17) is 0 Å². The normalized spacial score (nSPS) is 10.8. The molecule has 1 aromatic heterocycles. The molecule has 1 aromatic carbocycles. The van der Waals surface area contributed by atoms with Crippen molar-refractivity contribution in [1.29, 1.82) is 0 Å². The number of Topliss-reactive ketones (excluding diaryl/α,β-unsaturated/α-hetero) is 1. The third-order valence-electron chi connectivity index (χ3n) is 3.27. The van der Waals surface area contributed by atoms with Crippen LogP contribution in [0.5, 0.6) is 0 Å². The molecule has 0 saturated carbocycles. The summed E-state index contributed by atoms with van der Waals surface area (Å²) in [5, 5.41) is 4.22. The number of benzene rings is 1. The van der Waals surface area contributed by atoms with Crippen LogP contribution in [0.4, 0.5) is 8.78 Å². The average Bonchev–Trinajstić information content (AvgIpc) is 2.57. The summed E-state index contributed by atoms with van der Waals surface area (Å²) in [6.45, 7) is 5.56. The Kier molecular flexibility index (Phi) is 3.46. The van der Waals surface area contributed by atoms with E-state index in [1.807, 2.05) is 20.8 Å². The number of carbonyl (C=O) groups excluding carboxylic acids is 1. The van der Waals surface area contributed by atoms with Crippen molar-refractivity contribution >= 4 is 5.78 Å². The molecule has 0 atom stereocenters. The highest BCUT2D eigenvalue weighted by molar-refractivity contribution is 5.96. The molecule has 0 fully saturated rings. The molecule has 2 rings (SSSR count). The first-order valence-corrected chi connectivity index (χ1v) is 5.89. The summed E-state index contributed by atoms with van der Waals surface area (Å²) in [7, 11) is 0. The van der Waals surface area contributed by atoms with Crippen LogP contribution in [-0.2, 0) is 6.54 Å². The third-order valence-corrected chi connectivity index (χ3v) is 3.27. The van der Waals surface area contributed by atoms with Gasteiger partial charge in [0.2, 0.25) is 0 Å². The average molecular weight is 264 g/mol. The molecule has 0 aliphatic rings. The van der Waals surface area contributed by atoms with Gasteiger partial charge in [-0.2, -0.15) is 5.10 Å². The first-order chi connectivity index (χ1) is 8.90. The topological polar surface area (TPSA) is 34.9 Å². The summed E-state index contributed by atoms with van der Waals surface area (Å²) in [5.41, 5.74) is 2.59. The largest absolute Gasteiger partial charge is 0.292 e. The van der Waals surface area contributed by atoms with Crippen molar-refractivity contribution in [3.05, 3.63) is 52.3 Å². The predicted molar refractivity (Wildman–Crippen MR) is 67.1 cm³/mol. The van der Waals surface area contributed by atoms with Crippen LogP contribution >= 0.6 is 0 Å². The van der Waals surface area contributed by atoms with Gasteiger partial charge in [0.15, 0.2) is 5.78 Å². The fourth-order valence-electron chi connectivity index (χ4n) is 1.88. The Labute approximate surface area is 109 Å². The van der Waals surface area contributed by atoms with E-state index in [-0.39, 0.29) is 12.1 Å². The molecule has 3 nitrogen and oxygen atoms in total. The molecular formula is C14H14F2N2O. The molecule has 1 heterocycles. The van der Waals surface area contributed by atoms with Gasteiger partial charge in [0.05, 0.1) is 11.3 Å². The molecule has 0 unspecified atom stereocenters. The summed E-state index contributed by atoms with van der Waals surface area (Å²) in [4.78, 5) is 12.0. The van der Waals surface area contributed by atoms with Gasteiger partial charge in [-0.25, -0.2) is 8.78 Å². The fraction of sp³-hybridized carbons (Fsp3) is 0.286. The number of halogens is 2. The smallest absolute Gasteiger partial charge is 0.187 e. The molecule has 19 heavy (non-hydrogen) atoms. The number of rotatable bonds is 3. The second-order valence-corrected chi connectivity index (χ2v) is 4.50. The summed E-state index contributed by atoms with van der Waals surface area (Å²) < 4.78 is 27.8. The molecular weight excluding hydrogens is 250 g/mol. The maximum absolute atomic E-state index is 13.5. The van der Waals surface area contributed by atoms with Crippen LogP contribution in [0, 0.1) is 32.4 Å². The highest BCUT2D eigenvalue weighted by Crippen LogP contribution is 2.14. The lowest BCUT2D eigenvalue weighted by atomic mass is 10.1. The number of ketones is 1. The maximum Gasteiger partial charge on any atom is 0.187 e. The zero-order valence-electron chi connectivity index (χ0n) is 11.0. The molecule has 2 aromatic rings. The molecule has 0 saturated heterocycles. The van der Waals surface area contributed by atoms with Crippen LogP contribution in [0.2, 0.25) is 0 Å². The second kappa shape index (κ2) is 4.91. The molecule has 0 spiro atoms. The zero-order chi connectivity index (χ0) is 14.2. The fourth-order valence-corrected chi connectivity index (χ4v) is 1.88. The van der Waals surface area contributed by atoms with Crippen molar-refractivity contribution in [2.45, 2.75) is 27.3 Å². The van der Waals surface area contributed by atoms with Crippen LogP contribution < -0.4 is 0 Å². The minimum Gasteiger partial charge on any atom is -0.292 e. The standard InChI is InChI=1S/C14H14F2N2O/c1-8-9(2)17-18(10(8)3)7-14(19)12-5-4-11(15)6-13(12)16/h4-6H,7H2,1-3H3. The summed E-state index contributed by atoms with van der Waals surface area (Å²) in [6.07, 6.45) is 0. The third kappa shape index (κ3) is 2.54. The van der Waals surface area contributed by atoms with Gasteiger partial charge in [0, 0.05) is 11.8 Å². The molecule has 0 N–H and O–H groups in total. The highest BCUT2D eigenvalue weighted by atomic mass is 19.1. The first kappa shape index (κ1) is 13.4. The van der Waals surface area contributed by atoms with E-state index in [0.717, 1.165) is 29.1 Å². The minimum absolute atomic E-state index is 0.0525. The number of hydrogen-bond donors (Lipinski definition) is 0. The maximum atomic E-state index is 13.5. The number of nitrogens with zero attached hydrogens (tertiary/aromatic N) is 2. The highest BCUT2D eigenvalue weighted by Gasteiger charge is 2.16. The molecule has 0 bridgehead atoms. The zero-order valence-corrected chi connectivity index (χ0v) is 11.0. The predicted octanol–water partition coefficient (Wildman–Crippen LogP) is 2.97. The van der Waals surface area contributed by atoms with E-state index in [2.05, 4.69) is 5.10 Å². The monoisotopic (exact) mass is 264 g/mol. The van der Waals surface area contributed by atoms with Crippen molar-refractivity contribution in [2.75, 3.05) is 0 Å². The van der Waals surface area contributed by atoms with Gasteiger partial charge in [-0.05, 0) is 38.5 Å². The Morgan fingerprint density at radius 3 is 2.47 bits per heavy atom. The Morgan fingerprint density at radius 2 is 1.95 bits per heavy atom. The van der Waals surface area contributed by atoms with Gasteiger partial charge in [-0.3, -0.25) is 9.48 Å². The Hall–Kier alpha value is -2.04. The van der Waals surface area contributed by atoms with Crippen molar-refractivity contribution < 1.29 is 13.6 Å². The number of aromatic nitrogens is 2. The van der Waals surface area contributed by atoms with Gasteiger partial charge >= 0.3 is 0 Å². The molecule has 5 heteroatoms. The van der Waals surface area contributed by atoms with Gasteiger partial charge in [-0.1, -0.05) is 0 Å². The Morgan fingerprint density at radius 1 is 1.26 bits per heavy atom. The van der Waals surface area contributed by atoms with Crippen molar-refractivity contribution in [3.63, 3.8) is 0 Å². The lowest BCUT2D eigenvalue weighted by Gasteiger charge is -2.05. The van der Waals surface area contributed by atoms with Crippen molar-refractivity contribution in [1.82, 2.24) is 9.78 Å². The van der Waals surface area contributed by atoms with Crippen LogP contribution in [-0.4, -0.2) is 15.6 Å². The summed E-state index contributed by atoms with van der Waals surface area (Å²) in [6, 6.07) is 2.94. The van der Waals surface area contributed by atoms with E-state index in [9.17, 15) is 13.6 Å². The lowest BCUT2D eigenvalue weighted by molar-refractivity contribution is 0.0962. The van der Waals surface area contributed by atoms with Crippen molar-refractivity contribution in [2.24, 2.45) is 0 Å². The van der Waals surface area contributed by atoms with Gasteiger partial charge < -0.3 is 0 Å². The van der Waals surface area contributed by atoms with Gasteiger partial charge in [-0.15, -0.1) is 0 Å². The van der Waals surface area contributed by atoms with Crippen LogP contribution in [0.1, 0.15) is 27.3 Å². The Bertz CT molecular complexity index is 647. The molecule has 100 valence electrons. The Balaban J connectivity index is 2.28. The van der Waals surface area contributed by atoms with E-state index in [0.29, 0.717) is 6.07 Å². The van der Waals surface area contributed by atoms with Crippen LogP contribution in [0.3, 0.4) is 0 Å². The summed E-state index contributed by atoms with van der Waals surface area (Å²) in [5.74, 6) is -1.97. The molecule has 0 amide bonds. The number of aryl methyl sites for hydroxylation is 1. The second-order valence-electron chi connectivity index (χ2n) is 4.50. The van der Waals surface area contributed by atoms with E-state index >= 15 is 0 Å². The summed E-state index contributed by atoms with van der Waals surface area (Å²) >= 11 is 0. The first-order valence-electron chi connectivity index (χ1n) is 5.89. The van der Waals surface area contributed by atoms with Gasteiger partial charge in [0.1, 0.15) is 18.2 Å². The number of hydrogen-bond acceptors (Lipinski definition) is 2. The van der Waals surface area contributed by atoms with Crippen molar-refractivity contribution in [3.8, 4) is 0 Å². The minimum atomic E-state index is -0.844. The van der Waals surface area contributed by atoms with E-state index in [1.54, 1.807) is 0 Å². The number of carbonyl (C=O) groups is 1.